The van der Waals surface area contributed by atoms with Crippen LogP contribution < -0.4 is 15.4 Å². The van der Waals surface area contributed by atoms with Crippen molar-refractivity contribution in [1.82, 2.24) is 5.32 Å². The van der Waals surface area contributed by atoms with Crippen molar-refractivity contribution in [3.05, 3.63) is 59.7 Å². The summed E-state index contributed by atoms with van der Waals surface area (Å²) in [5.74, 6) is -1.15. The Balaban J connectivity index is 2.02. The number of hydrogen-bond donors (Lipinski definition) is 3. The first-order valence-corrected chi connectivity index (χ1v) is 7.19. The predicted octanol–water partition coefficient (Wildman–Crippen LogP) is 3.00. The van der Waals surface area contributed by atoms with Gasteiger partial charge in [0.2, 0.25) is 0 Å². The Bertz CT molecular complexity index is 736. The largest absolute Gasteiger partial charge is 0.495 e. The minimum Gasteiger partial charge on any atom is -0.495 e. The number of benzene rings is 2. The van der Waals surface area contributed by atoms with Crippen molar-refractivity contribution in [1.29, 1.82) is 0 Å². The SMILES string of the molecule is COc1ccccc1NC(=O)NCC(C)(O)c1ccc(F)cc1F. The van der Waals surface area contributed by atoms with Gasteiger partial charge in [0.15, 0.2) is 0 Å². The number of halogens is 2. The van der Waals surface area contributed by atoms with Gasteiger partial charge in [0.05, 0.1) is 19.3 Å². The van der Waals surface area contributed by atoms with Crippen LogP contribution in [-0.2, 0) is 5.60 Å². The Labute approximate surface area is 138 Å². The first-order chi connectivity index (χ1) is 11.3. The van der Waals surface area contributed by atoms with Crippen molar-refractivity contribution < 1.29 is 23.4 Å². The number of rotatable bonds is 5. The van der Waals surface area contributed by atoms with E-state index in [1.807, 2.05) is 0 Å². The number of urea groups is 1. The molecule has 3 N–H and O–H groups in total. The molecule has 0 aliphatic heterocycles. The van der Waals surface area contributed by atoms with Gasteiger partial charge in [-0.1, -0.05) is 18.2 Å². The second kappa shape index (κ2) is 7.27. The van der Waals surface area contributed by atoms with Gasteiger partial charge in [0.25, 0.3) is 0 Å². The Hall–Kier alpha value is -2.67. The van der Waals surface area contributed by atoms with Crippen molar-refractivity contribution in [2.45, 2.75) is 12.5 Å². The lowest BCUT2D eigenvalue weighted by Gasteiger charge is -2.25. The topological polar surface area (TPSA) is 70.6 Å². The number of ether oxygens (including phenoxy) is 1. The van der Waals surface area contributed by atoms with Crippen LogP contribution in [0, 0.1) is 11.6 Å². The molecule has 0 aliphatic carbocycles. The van der Waals surface area contributed by atoms with E-state index in [-0.39, 0.29) is 12.1 Å². The molecular formula is C17H18F2N2O3. The molecule has 1 unspecified atom stereocenters. The summed E-state index contributed by atoms with van der Waals surface area (Å²) in [6, 6.07) is 9.08. The summed E-state index contributed by atoms with van der Waals surface area (Å²) in [6.07, 6.45) is 0. The first kappa shape index (κ1) is 17.7. The highest BCUT2D eigenvalue weighted by Crippen LogP contribution is 2.24. The van der Waals surface area contributed by atoms with E-state index in [2.05, 4.69) is 10.6 Å². The molecule has 0 radical (unpaired) electrons. The van der Waals surface area contributed by atoms with E-state index in [1.165, 1.54) is 14.0 Å². The third-order valence-electron chi connectivity index (χ3n) is 3.46. The lowest BCUT2D eigenvalue weighted by atomic mass is 9.95. The second-order valence-electron chi connectivity index (χ2n) is 5.41. The quantitative estimate of drug-likeness (QED) is 0.786. The number of methoxy groups -OCH3 is 1. The lowest BCUT2D eigenvalue weighted by Crippen LogP contribution is -2.41. The van der Waals surface area contributed by atoms with Crippen LogP contribution in [0.5, 0.6) is 5.75 Å². The molecule has 128 valence electrons. The van der Waals surface area contributed by atoms with Crippen molar-refractivity contribution in [3.63, 3.8) is 0 Å². The van der Waals surface area contributed by atoms with E-state index < -0.39 is 23.3 Å². The molecule has 0 spiro atoms. The van der Waals surface area contributed by atoms with Crippen LogP contribution in [0.2, 0.25) is 0 Å². The predicted molar refractivity (Wildman–Crippen MR) is 85.9 cm³/mol. The molecule has 0 aromatic heterocycles. The van der Waals surface area contributed by atoms with Crippen molar-refractivity contribution >= 4 is 11.7 Å². The fraction of sp³-hybridized carbons (Fsp3) is 0.235. The van der Waals surface area contributed by atoms with Crippen LogP contribution in [0.1, 0.15) is 12.5 Å². The fourth-order valence-electron chi connectivity index (χ4n) is 2.19. The molecule has 2 aromatic carbocycles. The van der Waals surface area contributed by atoms with E-state index in [4.69, 9.17) is 4.74 Å². The molecule has 2 amide bonds. The van der Waals surface area contributed by atoms with E-state index in [9.17, 15) is 18.7 Å². The monoisotopic (exact) mass is 336 g/mol. The normalized spacial score (nSPS) is 13.0. The summed E-state index contributed by atoms with van der Waals surface area (Å²) in [7, 11) is 1.47. The zero-order chi connectivity index (χ0) is 17.7. The van der Waals surface area contributed by atoms with Crippen molar-refractivity contribution in [2.75, 3.05) is 19.0 Å². The molecule has 2 aromatic rings. The fourth-order valence-corrected chi connectivity index (χ4v) is 2.19. The van der Waals surface area contributed by atoms with Gasteiger partial charge < -0.3 is 20.5 Å². The number of hydrogen-bond acceptors (Lipinski definition) is 3. The third kappa shape index (κ3) is 4.20. The maximum Gasteiger partial charge on any atom is 0.319 e. The zero-order valence-corrected chi connectivity index (χ0v) is 13.3. The van der Waals surface area contributed by atoms with Gasteiger partial charge in [-0.3, -0.25) is 0 Å². The summed E-state index contributed by atoms with van der Waals surface area (Å²) in [5, 5.41) is 15.4. The Morgan fingerprint density at radius 3 is 2.62 bits per heavy atom. The van der Waals surface area contributed by atoms with E-state index in [0.717, 1.165) is 12.1 Å². The summed E-state index contributed by atoms with van der Waals surface area (Å²) < 4.78 is 31.8. The molecule has 1 atom stereocenters. The molecule has 0 bridgehead atoms. The number of aliphatic hydroxyl groups is 1. The first-order valence-electron chi connectivity index (χ1n) is 7.19. The zero-order valence-electron chi connectivity index (χ0n) is 13.3. The lowest BCUT2D eigenvalue weighted by molar-refractivity contribution is 0.0561. The molecule has 0 fully saturated rings. The van der Waals surface area contributed by atoms with Crippen LogP contribution in [0.3, 0.4) is 0 Å². The minimum atomic E-state index is -1.70. The van der Waals surface area contributed by atoms with E-state index in [0.29, 0.717) is 17.5 Å². The summed E-state index contributed by atoms with van der Waals surface area (Å²) in [4.78, 5) is 12.0. The maximum absolute atomic E-state index is 13.8. The van der Waals surface area contributed by atoms with Gasteiger partial charge in [-0.05, 0) is 25.1 Å². The van der Waals surface area contributed by atoms with Gasteiger partial charge in [-0.2, -0.15) is 0 Å². The van der Waals surface area contributed by atoms with Gasteiger partial charge in [0.1, 0.15) is 23.0 Å². The van der Waals surface area contributed by atoms with Gasteiger partial charge in [-0.25, -0.2) is 13.6 Å². The molecule has 0 heterocycles. The number of carbonyl (C=O) groups is 1. The second-order valence-corrected chi connectivity index (χ2v) is 5.41. The highest BCUT2D eigenvalue weighted by molar-refractivity contribution is 5.90. The number of amides is 2. The Morgan fingerprint density at radius 2 is 1.96 bits per heavy atom. The summed E-state index contributed by atoms with van der Waals surface area (Å²) in [6.45, 7) is 1.06. The summed E-state index contributed by atoms with van der Waals surface area (Å²) >= 11 is 0. The van der Waals surface area contributed by atoms with Gasteiger partial charge in [0, 0.05) is 11.6 Å². The average Bonchev–Trinajstić information content (AvgIpc) is 2.53. The molecule has 2 rings (SSSR count). The van der Waals surface area contributed by atoms with Crippen LogP contribution in [0.4, 0.5) is 19.3 Å². The van der Waals surface area contributed by atoms with Gasteiger partial charge >= 0.3 is 6.03 Å². The Morgan fingerprint density at radius 1 is 1.25 bits per heavy atom. The number of para-hydroxylation sites is 2. The number of nitrogens with one attached hydrogen (secondary N) is 2. The van der Waals surface area contributed by atoms with Crippen molar-refractivity contribution in [2.24, 2.45) is 0 Å². The van der Waals surface area contributed by atoms with Crippen LogP contribution in [-0.4, -0.2) is 24.8 Å². The molecular weight excluding hydrogens is 318 g/mol. The highest BCUT2D eigenvalue weighted by Gasteiger charge is 2.27. The molecule has 24 heavy (non-hydrogen) atoms. The molecule has 0 saturated heterocycles. The highest BCUT2D eigenvalue weighted by atomic mass is 19.1. The van der Waals surface area contributed by atoms with Crippen LogP contribution in [0.15, 0.2) is 42.5 Å². The van der Waals surface area contributed by atoms with E-state index in [1.54, 1.807) is 24.3 Å². The standard InChI is InChI=1S/C17H18F2N2O3/c1-17(23,12-8-7-11(18)9-13(12)19)10-20-16(22)21-14-5-3-4-6-15(14)24-2/h3-9,23H,10H2,1-2H3,(H2,20,21,22). The smallest absolute Gasteiger partial charge is 0.319 e. The minimum absolute atomic E-state index is 0.110. The maximum atomic E-state index is 13.8. The molecule has 0 aliphatic rings. The van der Waals surface area contributed by atoms with Crippen LogP contribution in [0.25, 0.3) is 0 Å². The molecule has 7 heteroatoms. The third-order valence-corrected chi connectivity index (χ3v) is 3.46. The molecule has 5 nitrogen and oxygen atoms in total. The molecule has 0 saturated carbocycles. The number of anilines is 1. The number of carbonyl (C=O) groups excluding carboxylic acids is 1. The average molecular weight is 336 g/mol. The van der Waals surface area contributed by atoms with E-state index >= 15 is 0 Å². The van der Waals surface area contributed by atoms with Crippen LogP contribution >= 0.6 is 0 Å². The summed E-state index contributed by atoms with van der Waals surface area (Å²) in [5.41, 5.74) is -1.36. The van der Waals surface area contributed by atoms with Gasteiger partial charge in [-0.15, -0.1) is 0 Å². The van der Waals surface area contributed by atoms with Crippen molar-refractivity contribution in [3.8, 4) is 5.75 Å². The Kier molecular flexibility index (Phi) is 5.35.